The van der Waals surface area contributed by atoms with Crippen LogP contribution < -0.4 is 5.32 Å². The van der Waals surface area contributed by atoms with Crippen LogP contribution in [0.25, 0.3) is 0 Å². The first-order chi connectivity index (χ1) is 6.33. The Labute approximate surface area is 80.0 Å². The van der Waals surface area contributed by atoms with Crippen molar-refractivity contribution < 1.29 is 0 Å². The molecule has 0 saturated heterocycles. The number of aryl methyl sites for hydroxylation is 1. The minimum atomic E-state index is 0.907. The largest absolute Gasteiger partial charge is 0.345 e. The molecule has 0 saturated carbocycles. The van der Waals surface area contributed by atoms with Crippen LogP contribution in [-0.2, 0) is 6.54 Å². The van der Waals surface area contributed by atoms with Crippen molar-refractivity contribution in [2.24, 2.45) is 0 Å². The van der Waals surface area contributed by atoms with Crippen molar-refractivity contribution in [3.05, 3.63) is 17.7 Å². The second-order valence-corrected chi connectivity index (χ2v) is 3.38. The number of nitrogens with one attached hydrogen (secondary N) is 2. The SMILES string of the molecule is CCCCCNCc1cnc(C)[nH]1. The molecule has 1 heterocycles. The van der Waals surface area contributed by atoms with Gasteiger partial charge < -0.3 is 10.3 Å². The number of nitrogens with zero attached hydrogens (tertiary/aromatic N) is 1. The molecule has 0 radical (unpaired) electrons. The zero-order chi connectivity index (χ0) is 9.52. The summed E-state index contributed by atoms with van der Waals surface area (Å²) in [5.41, 5.74) is 1.17. The molecule has 0 spiro atoms. The summed E-state index contributed by atoms with van der Waals surface area (Å²) in [4.78, 5) is 7.33. The highest BCUT2D eigenvalue weighted by atomic mass is 14.9. The van der Waals surface area contributed by atoms with Gasteiger partial charge in [0.05, 0.1) is 0 Å². The van der Waals surface area contributed by atoms with Crippen molar-refractivity contribution >= 4 is 0 Å². The van der Waals surface area contributed by atoms with Gasteiger partial charge >= 0.3 is 0 Å². The van der Waals surface area contributed by atoms with E-state index in [1.807, 2.05) is 13.1 Å². The molecule has 13 heavy (non-hydrogen) atoms. The van der Waals surface area contributed by atoms with Crippen LogP contribution in [0.1, 0.15) is 37.7 Å². The van der Waals surface area contributed by atoms with Gasteiger partial charge in [-0.15, -0.1) is 0 Å². The van der Waals surface area contributed by atoms with Crippen molar-refractivity contribution in [3.8, 4) is 0 Å². The fourth-order valence-electron chi connectivity index (χ4n) is 1.28. The van der Waals surface area contributed by atoms with E-state index in [-0.39, 0.29) is 0 Å². The number of imidazole rings is 1. The van der Waals surface area contributed by atoms with Crippen molar-refractivity contribution in [1.29, 1.82) is 0 Å². The smallest absolute Gasteiger partial charge is 0.103 e. The first-order valence-electron chi connectivity index (χ1n) is 5.04. The lowest BCUT2D eigenvalue weighted by Crippen LogP contribution is -2.14. The Hall–Kier alpha value is -0.830. The molecule has 0 aliphatic heterocycles. The van der Waals surface area contributed by atoms with Gasteiger partial charge in [0.15, 0.2) is 0 Å². The summed E-state index contributed by atoms with van der Waals surface area (Å²) in [6.07, 6.45) is 5.76. The van der Waals surface area contributed by atoms with Gasteiger partial charge in [0.2, 0.25) is 0 Å². The molecule has 1 rings (SSSR count). The molecule has 3 nitrogen and oxygen atoms in total. The van der Waals surface area contributed by atoms with E-state index >= 15 is 0 Å². The molecule has 2 N–H and O–H groups in total. The average Bonchev–Trinajstić information content (AvgIpc) is 2.51. The van der Waals surface area contributed by atoms with E-state index in [0.717, 1.165) is 18.9 Å². The van der Waals surface area contributed by atoms with E-state index in [0.29, 0.717) is 0 Å². The summed E-state index contributed by atoms with van der Waals surface area (Å²) in [7, 11) is 0. The lowest BCUT2D eigenvalue weighted by Gasteiger charge is -2.01. The predicted molar refractivity (Wildman–Crippen MR) is 54.6 cm³/mol. The quantitative estimate of drug-likeness (QED) is 0.659. The maximum atomic E-state index is 4.14. The summed E-state index contributed by atoms with van der Waals surface area (Å²) in [6.45, 7) is 6.20. The van der Waals surface area contributed by atoms with Gasteiger partial charge in [-0.25, -0.2) is 4.98 Å². The Balaban J connectivity index is 2.06. The molecule has 0 bridgehead atoms. The number of unbranched alkanes of at least 4 members (excludes halogenated alkanes) is 2. The summed E-state index contributed by atoms with van der Waals surface area (Å²) < 4.78 is 0. The van der Waals surface area contributed by atoms with Gasteiger partial charge in [-0.05, 0) is 19.9 Å². The number of hydrogen-bond donors (Lipinski definition) is 2. The monoisotopic (exact) mass is 181 g/mol. The third-order valence-corrected chi connectivity index (χ3v) is 2.03. The van der Waals surface area contributed by atoms with E-state index < -0.39 is 0 Å². The first-order valence-corrected chi connectivity index (χ1v) is 5.04. The maximum Gasteiger partial charge on any atom is 0.103 e. The van der Waals surface area contributed by atoms with Gasteiger partial charge in [-0.3, -0.25) is 0 Å². The number of hydrogen-bond acceptors (Lipinski definition) is 2. The van der Waals surface area contributed by atoms with Crippen LogP contribution in [0.5, 0.6) is 0 Å². The molecule has 1 aromatic rings. The summed E-state index contributed by atoms with van der Waals surface area (Å²) in [6, 6.07) is 0. The lowest BCUT2D eigenvalue weighted by atomic mass is 10.2. The molecule has 74 valence electrons. The highest BCUT2D eigenvalue weighted by Crippen LogP contribution is 1.95. The van der Waals surface area contributed by atoms with Crippen molar-refractivity contribution in [2.75, 3.05) is 6.54 Å². The minimum Gasteiger partial charge on any atom is -0.345 e. The molecule has 0 atom stereocenters. The second-order valence-electron chi connectivity index (χ2n) is 3.38. The van der Waals surface area contributed by atoms with Gasteiger partial charge in [0.25, 0.3) is 0 Å². The first kappa shape index (κ1) is 10.3. The highest BCUT2D eigenvalue weighted by molar-refractivity contribution is 4.98. The Morgan fingerprint density at radius 1 is 1.46 bits per heavy atom. The van der Waals surface area contributed by atoms with Crippen LogP contribution in [0.4, 0.5) is 0 Å². The molecule has 0 aliphatic rings. The summed E-state index contributed by atoms with van der Waals surface area (Å²) >= 11 is 0. The highest BCUT2D eigenvalue weighted by Gasteiger charge is 1.94. The van der Waals surface area contributed by atoms with Gasteiger partial charge in [0, 0.05) is 18.4 Å². The zero-order valence-electron chi connectivity index (χ0n) is 8.56. The van der Waals surface area contributed by atoms with Gasteiger partial charge in [-0.1, -0.05) is 19.8 Å². The Morgan fingerprint density at radius 3 is 2.92 bits per heavy atom. The molecule has 0 unspecified atom stereocenters. The predicted octanol–water partition coefficient (Wildman–Crippen LogP) is 2.00. The van der Waals surface area contributed by atoms with Crippen LogP contribution in [0, 0.1) is 6.92 Å². The normalized spacial score (nSPS) is 10.6. The fraction of sp³-hybridized carbons (Fsp3) is 0.700. The topological polar surface area (TPSA) is 40.7 Å². The van der Waals surface area contributed by atoms with Gasteiger partial charge in [0.1, 0.15) is 5.82 Å². The van der Waals surface area contributed by atoms with Crippen molar-refractivity contribution in [2.45, 2.75) is 39.7 Å². The van der Waals surface area contributed by atoms with Crippen LogP contribution in [0.15, 0.2) is 6.20 Å². The van der Waals surface area contributed by atoms with E-state index in [1.165, 1.54) is 25.0 Å². The number of aromatic nitrogens is 2. The van der Waals surface area contributed by atoms with Crippen LogP contribution in [0.3, 0.4) is 0 Å². The van der Waals surface area contributed by atoms with Gasteiger partial charge in [-0.2, -0.15) is 0 Å². The molecule has 0 aliphatic carbocycles. The van der Waals surface area contributed by atoms with Crippen LogP contribution in [0.2, 0.25) is 0 Å². The Morgan fingerprint density at radius 2 is 2.31 bits per heavy atom. The van der Waals surface area contributed by atoms with E-state index in [4.69, 9.17) is 0 Å². The second kappa shape index (κ2) is 5.75. The fourth-order valence-corrected chi connectivity index (χ4v) is 1.28. The molecular formula is C10H19N3. The molecule has 0 amide bonds. The summed E-state index contributed by atoms with van der Waals surface area (Å²) in [5.74, 6) is 0.991. The third kappa shape index (κ3) is 4.08. The molecule has 3 heteroatoms. The Kier molecular flexibility index (Phi) is 4.54. The van der Waals surface area contributed by atoms with Crippen molar-refractivity contribution in [3.63, 3.8) is 0 Å². The maximum absolute atomic E-state index is 4.14. The van der Waals surface area contributed by atoms with Crippen LogP contribution >= 0.6 is 0 Å². The van der Waals surface area contributed by atoms with Crippen molar-refractivity contribution in [1.82, 2.24) is 15.3 Å². The standard InChI is InChI=1S/C10H19N3/c1-3-4-5-6-11-7-10-8-12-9(2)13-10/h8,11H,3-7H2,1-2H3,(H,12,13). The van der Waals surface area contributed by atoms with Crippen LogP contribution in [-0.4, -0.2) is 16.5 Å². The number of H-pyrrole nitrogens is 1. The molecule has 0 fully saturated rings. The van der Waals surface area contributed by atoms with E-state index in [9.17, 15) is 0 Å². The lowest BCUT2D eigenvalue weighted by molar-refractivity contribution is 0.611. The van der Waals surface area contributed by atoms with E-state index in [2.05, 4.69) is 22.2 Å². The Bertz CT molecular complexity index is 230. The van der Waals surface area contributed by atoms with E-state index in [1.54, 1.807) is 0 Å². The molecular weight excluding hydrogens is 162 g/mol. The molecule has 0 aromatic carbocycles. The number of aromatic amines is 1. The third-order valence-electron chi connectivity index (χ3n) is 2.03. The average molecular weight is 181 g/mol. The zero-order valence-corrected chi connectivity index (χ0v) is 8.56. The summed E-state index contributed by atoms with van der Waals surface area (Å²) in [5, 5.41) is 3.38. The molecule has 1 aromatic heterocycles. The minimum absolute atomic E-state index is 0.907. The number of rotatable bonds is 6.